The maximum Gasteiger partial charge on any atom is 0.260 e. The van der Waals surface area contributed by atoms with Gasteiger partial charge in [0.1, 0.15) is 11.5 Å². The molecule has 0 fully saturated rings. The second kappa shape index (κ2) is 10.2. The number of hydrogen-bond acceptors (Lipinski definition) is 6. The molecule has 30 heavy (non-hydrogen) atoms. The molecule has 1 aliphatic rings. The van der Waals surface area contributed by atoms with Crippen LogP contribution in [0.2, 0.25) is 0 Å². The normalized spacial score (nSPS) is 13.1. The molecule has 0 saturated heterocycles. The van der Waals surface area contributed by atoms with Gasteiger partial charge in [-0.25, -0.2) is 0 Å². The van der Waals surface area contributed by atoms with Crippen molar-refractivity contribution in [1.82, 2.24) is 9.80 Å². The highest BCUT2D eigenvalue weighted by Crippen LogP contribution is 2.29. The minimum absolute atomic E-state index is 0.00637. The number of methoxy groups -OCH3 is 3. The smallest absolute Gasteiger partial charge is 0.260 e. The maximum atomic E-state index is 12.7. The predicted octanol–water partition coefficient (Wildman–Crippen LogP) is 3.07. The Kier molecular flexibility index (Phi) is 7.41. The van der Waals surface area contributed by atoms with Gasteiger partial charge in [0.2, 0.25) is 0 Å². The summed E-state index contributed by atoms with van der Waals surface area (Å²) >= 11 is 0. The van der Waals surface area contributed by atoms with Gasteiger partial charge >= 0.3 is 0 Å². The first-order valence-electron chi connectivity index (χ1n) is 10.0. The van der Waals surface area contributed by atoms with Crippen LogP contribution in [-0.2, 0) is 6.42 Å². The molecule has 1 heterocycles. The Morgan fingerprint density at radius 1 is 1.00 bits per heavy atom. The van der Waals surface area contributed by atoms with Gasteiger partial charge in [-0.2, -0.15) is 0 Å². The summed E-state index contributed by atoms with van der Waals surface area (Å²) in [7, 11) is 6.98. The van der Waals surface area contributed by atoms with Gasteiger partial charge in [-0.1, -0.05) is 6.07 Å². The molecule has 0 radical (unpaired) electrons. The molecule has 0 aliphatic carbocycles. The summed E-state index contributed by atoms with van der Waals surface area (Å²) in [6.07, 6.45) is 1.79. The maximum absolute atomic E-state index is 12.7. The van der Waals surface area contributed by atoms with Crippen LogP contribution in [0.3, 0.4) is 0 Å². The summed E-state index contributed by atoms with van der Waals surface area (Å²) in [5.41, 5.74) is 1.79. The van der Waals surface area contributed by atoms with Gasteiger partial charge in [0.15, 0.2) is 18.2 Å². The summed E-state index contributed by atoms with van der Waals surface area (Å²) in [6.45, 7) is 2.74. The van der Waals surface area contributed by atoms with E-state index in [4.69, 9.17) is 18.9 Å². The standard InChI is InChI=1S/C23H30N2O5/c1-24(13-10-17-6-9-20(28-3)22(14-17)29-4)11-5-12-25-16-30-21-15-18(27-2)7-8-19(21)23(25)26/h6-9,14-15H,5,10-13,16H2,1-4H3. The van der Waals surface area contributed by atoms with E-state index in [0.717, 1.165) is 37.4 Å². The zero-order valence-electron chi connectivity index (χ0n) is 18.1. The van der Waals surface area contributed by atoms with E-state index in [1.54, 1.807) is 44.4 Å². The summed E-state index contributed by atoms with van der Waals surface area (Å²) in [4.78, 5) is 16.7. The fourth-order valence-corrected chi connectivity index (χ4v) is 3.47. The molecule has 0 bridgehead atoms. The van der Waals surface area contributed by atoms with E-state index in [1.807, 2.05) is 12.1 Å². The van der Waals surface area contributed by atoms with Crippen molar-refractivity contribution >= 4 is 5.91 Å². The third-order valence-electron chi connectivity index (χ3n) is 5.28. The first-order valence-corrected chi connectivity index (χ1v) is 10.0. The molecular formula is C23H30N2O5. The van der Waals surface area contributed by atoms with Crippen LogP contribution in [-0.4, -0.2) is 70.4 Å². The molecular weight excluding hydrogens is 384 g/mol. The number of hydrogen-bond donors (Lipinski definition) is 0. The highest BCUT2D eigenvalue weighted by Gasteiger charge is 2.25. The van der Waals surface area contributed by atoms with Gasteiger partial charge < -0.3 is 28.7 Å². The van der Waals surface area contributed by atoms with Crippen molar-refractivity contribution < 1.29 is 23.7 Å². The number of amides is 1. The monoisotopic (exact) mass is 414 g/mol. The number of carbonyl (C=O) groups excluding carboxylic acids is 1. The lowest BCUT2D eigenvalue weighted by Crippen LogP contribution is -2.40. The Morgan fingerprint density at radius 3 is 2.53 bits per heavy atom. The van der Waals surface area contributed by atoms with Gasteiger partial charge in [-0.05, 0) is 56.3 Å². The van der Waals surface area contributed by atoms with Crippen molar-refractivity contribution in [2.75, 3.05) is 54.7 Å². The lowest BCUT2D eigenvalue weighted by molar-refractivity contribution is 0.0511. The first kappa shape index (κ1) is 21.8. The number of benzene rings is 2. The van der Waals surface area contributed by atoms with Crippen LogP contribution >= 0.6 is 0 Å². The minimum Gasteiger partial charge on any atom is -0.497 e. The number of fused-ring (bicyclic) bond motifs is 1. The molecule has 0 atom stereocenters. The van der Waals surface area contributed by atoms with Gasteiger partial charge in [-0.15, -0.1) is 0 Å². The van der Waals surface area contributed by atoms with Crippen LogP contribution in [0.4, 0.5) is 0 Å². The number of rotatable bonds is 10. The molecule has 2 aromatic carbocycles. The summed E-state index contributed by atoms with van der Waals surface area (Å²) in [5.74, 6) is 2.77. The third-order valence-corrected chi connectivity index (χ3v) is 5.28. The van der Waals surface area contributed by atoms with E-state index in [0.29, 0.717) is 23.6 Å². The summed E-state index contributed by atoms with van der Waals surface area (Å²) < 4.78 is 21.6. The number of nitrogens with zero attached hydrogens (tertiary/aromatic N) is 2. The second-order valence-electron chi connectivity index (χ2n) is 7.30. The van der Waals surface area contributed by atoms with E-state index in [1.165, 1.54) is 5.56 Å². The zero-order valence-corrected chi connectivity index (χ0v) is 18.1. The van der Waals surface area contributed by atoms with E-state index in [-0.39, 0.29) is 12.6 Å². The van der Waals surface area contributed by atoms with Crippen molar-refractivity contribution in [1.29, 1.82) is 0 Å². The highest BCUT2D eigenvalue weighted by molar-refractivity contribution is 5.97. The number of ether oxygens (including phenoxy) is 4. The summed E-state index contributed by atoms with van der Waals surface area (Å²) in [5, 5.41) is 0. The molecule has 3 rings (SSSR count). The third kappa shape index (κ3) is 5.16. The van der Waals surface area contributed by atoms with Crippen molar-refractivity contribution in [2.45, 2.75) is 12.8 Å². The van der Waals surface area contributed by atoms with Crippen LogP contribution in [0.25, 0.3) is 0 Å². The Labute approximate surface area is 178 Å². The molecule has 0 aromatic heterocycles. The SMILES string of the molecule is COc1ccc2c(c1)OCN(CCCN(C)CCc1ccc(OC)c(OC)c1)C2=O. The molecule has 7 heteroatoms. The molecule has 0 spiro atoms. The van der Waals surface area contributed by atoms with Crippen LogP contribution < -0.4 is 18.9 Å². The Balaban J connectivity index is 1.44. The molecule has 0 unspecified atom stereocenters. The molecule has 0 N–H and O–H groups in total. The average Bonchev–Trinajstić information content (AvgIpc) is 2.78. The van der Waals surface area contributed by atoms with E-state index < -0.39 is 0 Å². The van der Waals surface area contributed by atoms with Crippen LogP contribution in [0, 0.1) is 0 Å². The van der Waals surface area contributed by atoms with Gasteiger partial charge in [0, 0.05) is 19.2 Å². The zero-order chi connectivity index (χ0) is 21.5. The lowest BCUT2D eigenvalue weighted by atomic mass is 10.1. The molecule has 162 valence electrons. The van der Waals surface area contributed by atoms with E-state index in [2.05, 4.69) is 18.0 Å². The van der Waals surface area contributed by atoms with E-state index >= 15 is 0 Å². The topological polar surface area (TPSA) is 60.5 Å². The Bertz CT molecular complexity index is 871. The molecule has 7 nitrogen and oxygen atoms in total. The van der Waals surface area contributed by atoms with Crippen LogP contribution in [0.5, 0.6) is 23.0 Å². The average molecular weight is 415 g/mol. The Hall–Kier alpha value is -2.93. The lowest BCUT2D eigenvalue weighted by Gasteiger charge is -2.29. The Morgan fingerprint density at radius 2 is 1.80 bits per heavy atom. The largest absolute Gasteiger partial charge is 0.497 e. The van der Waals surface area contributed by atoms with Crippen LogP contribution in [0.1, 0.15) is 22.3 Å². The highest BCUT2D eigenvalue weighted by atomic mass is 16.5. The fourth-order valence-electron chi connectivity index (χ4n) is 3.47. The number of carbonyl (C=O) groups is 1. The molecule has 2 aromatic rings. The summed E-state index contributed by atoms with van der Waals surface area (Å²) in [6, 6.07) is 11.3. The minimum atomic E-state index is 0.00637. The van der Waals surface area contributed by atoms with E-state index in [9.17, 15) is 4.79 Å². The quantitative estimate of drug-likeness (QED) is 0.596. The van der Waals surface area contributed by atoms with Crippen molar-refractivity contribution in [3.63, 3.8) is 0 Å². The first-order chi connectivity index (χ1) is 14.5. The molecule has 0 saturated carbocycles. The van der Waals surface area contributed by atoms with Gasteiger partial charge in [-0.3, -0.25) is 4.79 Å². The predicted molar refractivity (Wildman–Crippen MR) is 115 cm³/mol. The van der Waals surface area contributed by atoms with Gasteiger partial charge in [0.25, 0.3) is 5.91 Å². The number of likely N-dealkylation sites (N-methyl/N-ethyl adjacent to an activating group) is 1. The molecule has 1 amide bonds. The van der Waals surface area contributed by atoms with Crippen molar-refractivity contribution in [3.05, 3.63) is 47.5 Å². The van der Waals surface area contributed by atoms with Crippen molar-refractivity contribution in [3.8, 4) is 23.0 Å². The van der Waals surface area contributed by atoms with Crippen molar-refractivity contribution in [2.24, 2.45) is 0 Å². The van der Waals surface area contributed by atoms with Gasteiger partial charge in [0.05, 0.1) is 26.9 Å². The fraction of sp³-hybridized carbons (Fsp3) is 0.435. The van der Waals surface area contributed by atoms with Crippen LogP contribution in [0.15, 0.2) is 36.4 Å². The molecule has 1 aliphatic heterocycles. The second-order valence-corrected chi connectivity index (χ2v) is 7.30.